The number of nitrogens with zero attached hydrogens (tertiary/aromatic N) is 2. The molecule has 0 aliphatic carbocycles. The van der Waals surface area contributed by atoms with Crippen molar-refractivity contribution < 1.29 is 23.2 Å². The lowest BCUT2D eigenvalue weighted by Gasteiger charge is -2.33. The number of hydrogen-bond donors (Lipinski definition) is 1. The number of halogens is 2. The Kier molecular flexibility index (Phi) is 6.03. The van der Waals surface area contributed by atoms with Crippen LogP contribution in [-0.4, -0.2) is 60.2 Å². The summed E-state index contributed by atoms with van der Waals surface area (Å²) in [4.78, 5) is 40.1. The predicted octanol–water partition coefficient (Wildman–Crippen LogP) is 1.56. The molecule has 27 heavy (non-hydrogen) atoms. The fourth-order valence-electron chi connectivity index (χ4n) is 3.61. The predicted molar refractivity (Wildman–Crippen MR) is 93.8 cm³/mol. The molecule has 1 aromatic rings. The molecule has 3 rings (SSSR count). The van der Waals surface area contributed by atoms with Gasteiger partial charge in [-0.05, 0) is 37.8 Å². The number of piperidine rings is 1. The van der Waals surface area contributed by atoms with E-state index in [-0.39, 0.29) is 29.8 Å². The average molecular weight is 379 g/mol. The van der Waals surface area contributed by atoms with E-state index >= 15 is 0 Å². The number of likely N-dealkylation sites (tertiary alicyclic amines) is 2. The Balaban J connectivity index is 1.45. The van der Waals surface area contributed by atoms with Gasteiger partial charge >= 0.3 is 0 Å². The zero-order valence-electron chi connectivity index (χ0n) is 15.0. The van der Waals surface area contributed by atoms with Crippen LogP contribution in [0.1, 0.15) is 36.0 Å². The first-order chi connectivity index (χ1) is 13.0. The van der Waals surface area contributed by atoms with Gasteiger partial charge in [-0.25, -0.2) is 8.78 Å². The summed E-state index contributed by atoms with van der Waals surface area (Å²) in [5.74, 6) is -2.65. The van der Waals surface area contributed by atoms with Gasteiger partial charge in [-0.2, -0.15) is 0 Å². The second-order valence-corrected chi connectivity index (χ2v) is 6.99. The van der Waals surface area contributed by atoms with E-state index in [0.717, 1.165) is 38.1 Å². The van der Waals surface area contributed by atoms with Crippen LogP contribution in [0.15, 0.2) is 18.2 Å². The summed E-state index contributed by atoms with van der Waals surface area (Å²) in [6.07, 6.45) is 3.33. The molecule has 2 saturated heterocycles. The maximum Gasteiger partial charge on any atom is 0.254 e. The summed E-state index contributed by atoms with van der Waals surface area (Å²) in [5.41, 5.74) is -0.306. The molecular weight excluding hydrogens is 356 g/mol. The molecule has 0 saturated carbocycles. The zero-order chi connectivity index (χ0) is 19.4. The standard InChI is InChI=1S/C19H23F2N3O3/c20-14-3-4-15(16(21)11-14)18(26)22-12-17(25)23-9-5-13(6-10-23)19(27)24-7-1-2-8-24/h3-4,11,13H,1-2,5-10,12H2,(H,22,26). The van der Waals surface area contributed by atoms with Gasteiger partial charge in [-0.3, -0.25) is 14.4 Å². The van der Waals surface area contributed by atoms with Crippen molar-refractivity contribution in [3.05, 3.63) is 35.4 Å². The molecule has 8 heteroatoms. The van der Waals surface area contributed by atoms with Gasteiger partial charge in [0.2, 0.25) is 11.8 Å². The molecule has 2 aliphatic rings. The van der Waals surface area contributed by atoms with Crippen LogP contribution in [0.4, 0.5) is 8.78 Å². The van der Waals surface area contributed by atoms with E-state index in [4.69, 9.17) is 0 Å². The number of benzene rings is 1. The summed E-state index contributed by atoms with van der Waals surface area (Å²) in [7, 11) is 0. The Morgan fingerprint density at radius 3 is 2.30 bits per heavy atom. The van der Waals surface area contributed by atoms with Crippen LogP contribution < -0.4 is 5.32 Å². The third-order valence-electron chi connectivity index (χ3n) is 5.19. The highest BCUT2D eigenvalue weighted by atomic mass is 19.1. The minimum Gasteiger partial charge on any atom is -0.343 e. The van der Waals surface area contributed by atoms with Crippen LogP contribution >= 0.6 is 0 Å². The van der Waals surface area contributed by atoms with E-state index in [9.17, 15) is 23.2 Å². The maximum absolute atomic E-state index is 13.6. The summed E-state index contributed by atoms with van der Waals surface area (Å²) in [6.45, 7) is 2.31. The zero-order valence-corrected chi connectivity index (χ0v) is 15.0. The van der Waals surface area contributed by atoms with Crippen molar-refractivity contribution in [2.24, 2.45) is 5.92 Å². The second kappa shape index (κ2) is 8.45. The lowest BCUT2D eigenvalue weighted by Crippen LogP contribution is -2.46. The Bertz CT molecular complexity index is 727. The van der Waals surface area contributed by atoms with E-state index in [1.54, 1.807) is 4.90 Å². The minimum atomic E-state index is -0.971. The SMILES string of the molecule is O=C(NCC(=O)N1CCC(C(=O)N2CCCC2)CC1)c1ccc(F)cc1F. The van der Waals surface area contributed by atoms with Gasteiger partial charge in [0.15, 0.2) is 0 Å². The number of amides is 3. The van der Waals surface area contributed by atoms with E-state index < -0.39 is 17.5 Å². The first-order valence-electron chi connectivity index (χ1n) is 9.25. The van der Waals surface area contributed by atoms with Crippen molar-refractivity contribution in [2.75, 3.05) is 32.7 Å². The van der Waals surface area contributed by atoms with E-state index in [1.165, 1.54) is 0 Å². The molecule has 0 atom stereocenters. The van der Waals surface area contributed by atoms with E-state index in [0.29, 0.717) is 32.0 Å². The Morgan fingerprint density at radius 2 is 1.67 bits per heavy atom. The van der Waals surface area contributed by atoms with Crippen molar-refractivity contribution in [2.45, 2.75) is 25.7 Å². The number of rotatable bonds is 4. The summed E-state index contributed by atoms with van der Waals surface area (Å²) >= 11 is 0. The van der Waals surface area contributed by atoms with Crippen LogP contribution in [0.25, 0.3) is 0 Å². The summed E-state index contributed by atoms with van der Waals surface area (Å²) in [6, 6.07) is 2.65. The quantitative estimate of drug-likeness (QED) is 0.863. The molecular formula is C19H23F2N3O3. The minimum absolute atomic E-state index is 0.0462. The molecule has 0 radical (unpaired) electrons. The van der Waals surface area contributed by atoms with Gasteiger partial charge in [-0.15, -0.1) is 0 Å². The molecule has 2 heterocycles. The van der Waals surface area contributed by atoms with Crippen molar-refractivity contribution in [1.29, 1.82) is 0 Å². The van der Waals surface area contributed by atoms with Gasteiger partial charge in [-0.1, -0.05) is 0 Å². The van der Waals surface area contributed by atoms with Crippen LogP contribution in [0.5, 0.6) is 0 Å². The fourth-order valence-corrected chi connectivity index (χ4v) is 3.61. The number of nitrogens with one attached hydrogen (secondary N) is 1. The van der Waals surface area contributed by atoms with Gasteiger partial charge in [0.25, 0.3) is 5.91 Å². The first kappa shape index (κ1) is 19.3. The molecule has 3 amide bonds. The Labute approximate surface area is 156 Å². The highest BCUT2D eigenvalue weighted by Gasteiger charge is 2.31. The summed E-state index contributed by atoms with van der Waals surface area (Å²) < 4.78 is 26.5. The number of carbonyl (C=O) groups is 3. The topological polar surface area (TPSA) is 69.7 Å². The van der Waals surface area contributed by atoms with Crippen LogP contribution in [0.2, 0.25) is 0 Å². The normalized spacial score (nSPS) is 17.9. The lowest BCUT2D eigenvalue weighted by atomic mass is 9.95. The monoisotopic (exact) mass is 379 g/mol. The van der Waals surface area contributed by atoms with Gasteiger partial charge in [0, 0.05) is 38.2 Å². The molecule has 0 bridgehead atoms. The maximum atomic E-state index is 13.6. The molecule has 146 valence electrons. The van der Waals surface area contributed by atoms with E-state index in [2.05, 4.69) is 5.32 Å². The molecule has 1 N–H and O–H groups in total. The Morgan fingerprint density at radius 1 is 1.00 bits per heavy atom. The van der Waals surface area contributed by atoms with Gasteiger partial charge in [0.1, 0.15) is 11.6 Å². The average Bonchev–Trinajstić information content (AvgIpc) is 3.20. The van der Waals surface area contributed by atoms with Crippen molar-refractivity contribution in [1.82, 2.24) is 15.1 Å². The highest BCUT2D eigenvalue weighted by Crippen LogP contribution is 2.22. The van der Waals surface area contributed by atoms with Crippen molar-refractivity contribution in [3.63, 3.8) is 0 Å². The molecule has 2 fully saturated rings. The summed E-state index contributed by atoms with van der Waals surface area (Å²) in [5, 5.41) is 2.37. The van der Waals surface area contributed by atoms with Gasteiger partial charge < -0.3 is 15.1 Å². The smallest absolute Gasteiger partial charge is 0.254 e. The molecule has 0 aromatic heterocycles. The van der Waals surface area contributed by atoms with E-state index in [1.807, 2.05) is 4.90 Å². The Hall–Kier alpha value is -2.51. The third kappa shape index (κ3) is 4.61. The van der Waals surface area contributed by atoms with Gasteiger partial charge in [0.05, 0.1) is 12.1 Å². The molecule has 0 unspecified atom stereocenters. The van der Waals surface area contributed by atoms with Crippen molar-refractivity contribution >= 4 is 17.7 Å². The number of carbonyl (C=O) groups excluding carboxylic acids is 3. The fraction of sp³-hybridized carbons (Fsp3) is 0.526. The number of hydrogen-bond acceptors (Lipinski definition) is 3. The highest BCUT2D eigenvalue weighted by molar-refractivity contribution is 5.96. The largest absolute Gasteiger partial charge is 0.343 e. The van der Waals surface area contributed by atoms with Crippen LogP contribution in [0, 0.1) is 17.6 Å². The van der Waals surface area contributed by atoms with Crippen LogP contribution in [-0.2, 0) is 9.59 Å². The molecule has 0 spiro atoms. The molecule has 2 aliphatic heterocycles. The second-order valence-electron chi connectivity index (χ2n) is 6.99. The van der Waals surface area contributed by atoms with Crippen LogP contribution in [0.3, 0.4) is 0 Å². The molecule has 6 nitrogen and oxygen atoms in total. The first-order valence-corrected chi connectivity index (χ1v) is 9.25. The third-order valence-corrected chi connectivity index (χ3v) is 5.19. The molecule has 1 aromatic carbocycles. The lowest BCUT2D eigenvalue weighted by molar-refractivity contribution is -0.139. The van der Waals surface area contributed by atoms with Crippen molar-refractivity contribution in [3.8, 4) is 0 Å².